The largest absolute Gasteiger partial charge is 0.506 e. The highest BCUT2D eigenvalue weighted by Gasteiger charge is 2.00. The molecule has 2 nitrogen and oxygen atoms in total. The minimum Gasteiger partial charge on any atom is -0.506 e. The lowest BCUT2D eigenvalue weighted by Gasteiger charge is -2.08. The Bertz CT molecular complexity index is 451. The predicted molar refractivity (Wildman–Crippen MR) is 62.6 cm³/mol. The molecule has 0 atom stereocenters. The molecule has 0 aliphatic carbocycles. The molecule has 15 heavy (non-hydrogen) atoms. The van der Waals surface area contributed by atoms with E-state index < -0.39 is 0 Å². The maximum absolute atomic E-state index is 9.63. The van der Waals surface area contributed by atoms with Gasteiger partial charge in [0.15, 0.2) is 0 Å². The molecule has 0 spiro atoms. The first-order valence-corrected chi connectivity index (χ1v) is 4.87. The van der Waals surface area contributed by atoms with Crippen molar-refractivity contribution >= 4 is 11.4 Å². The number of hydrogen-bond acceptors (Lipinski definition) is 2. The lowest BCUT2D eigenvalue weighted by molar-refractivity contribution is 0.477. The van der Waals surface area contributed by atoms with E-state index in [1.165, 1.54) is 0 Å². The zero-order valence-electron chi connectivity index (χ0n) is 8.57. The van der Waals surface area contributed by atoms with Crippen molar-refractivity contribution in [2.45, 2.75) is 6.92 Å². The molecule has 2 aromatic rings. The molecule has 0 saturated heterocycles. The van der Waals surface area contributed by atoms with Gasteiger partial charge < -0.3 is 10.4 Å². The third-order valence-electron chi connectivity index (χ3n) is 2.20. The van der Waals surface area contributed by atoms with Crippen LogP contribution < -0.4 is 5.32 Å². The average molecular weight is 199 g/mol. The number of phenols is 1. The van der Waals surface area contributed by atoms with Crippen LogP contribution in [-0.4, -0.2) is 5.11 Å². The van der Waals surface area contributed by atoms with Crippen LogP contribution in [0.3, 0.4) is 0 Å². The van der Waals surface area contributed by atoms with Gasteiger partial charge in [-0.3, -0.25) is 0 Å². The van der Waals surface area contributed by atoms with Gasteiger partial charge >= 0.3 is 0 Å². The van der Waals surface area contributed by atoms with Crippen molar-refractivity contribution in [3.63, 3.8) is 0 Å². The zero-order chi connectivity index (χ0) is 10.7. The van der Waals surface area contributed by atoms with Crippen LogP contribution in [-0.2, 0) is 0 Å². The third-order valence-corrected chi connectivity index (χ3v) is 2.20. The molecule has 0 aliphatic rings. The van der Waals surface area contributed by atoms with Crippen molar-refractivity contribution in [1.29, 1.82) is 0 Å². The van der Waals surface area contributed by atoms with Crippen molar-refractivity contribution in [3.05, 3.63) is 54.1 Å². The van der Waals surface area contributed by atoms with Gasteiger partial charge in [0.05, 0.1) is 5.69 Å². The Hall–Kier alpha value is -1.96. The summed E-state index contributed by atoms with van der Waals surface area (Å²) in [6, 6.07) is 15.3. The SMILES string of the molecule is Cc1ccc(O)c(Nc2ccccc2)c1. The van der Waals surface area contributed by atoms with E-state index in [0.29, 0.717) is 0 Å². The fourth-order valence-electron chi connectivity index (χ4n) is 1.43. The van der Waals surface area contributed by atoms with Crippen LogP contribution >= 0.6 is 0 Å². The Kier molecular flexibility index (Phi) is 2.59. The molecule has 2 heteroatoms. The second-order valence-corrected chi connectivity index (χ2v) is 3.51. The lowest BCUT2D eigenvalue weighted by Crippen LogP contribution is -1.90. The molecule has 0 aromatic heterocycles. The van der Waals surface area contributed by atoms with Gasteiger partial charge in [0, 0.05) is 5.69 Å². The van der Waals surface area contributed by atoms with Crippen molar-refractivity contribution < 1.29 is 5.11 Å². The van der Waals surface area contributed by atoms with Gasteiger partial charge in [-0.05, 0) is 36.8 Å². The standard InChI is InChI=1S/C13H13NO/c1-10-7-8-13(15)12(9-10)14-11-5-3-2-4-6-11/h2-9,14-15H,1H3. The van der Waals surface area contributed by atoms with Crippen LogP contribution in [0.1, 0.15) is 5.56 Å². The fourth-order valence-corrected chi connectivity index (χ4v) is 1.43. The van der Waals surface area contributed by atoms with E-state index in [4.69, 9.17) is 0 Å². The summed E-state index contributed by atoms with van der Waals surface area (Å²) in [6.07, 6.45) is 0. The van der Waals surface area contributed by atoms with Gasteiger partial charge in [-0.25, -0.2) is 0 Å². The zero-order valence-corrected chi connectivity index (χ0v) is 8.57. The number of anilines is 2. The number of aryl methyl sites for hydroxylation is 1. The van der Waals surface area contributed by atoms with Gasteiger partial charge in [0.1, 0.15) is 5.75 Å². The molecule has 0 unspecified atom stereocenters. The molecule has 0 fully saturated rings. The first-order valence-electron chi connectivity index (χ1n) is 4.87. The Morgan fingerprint density at radius 2 is 1.73 bits per heavy atom. The average Bonchev–Trinajstić information content (AvgIpc) is 2.25. The minimum atomic E-state index is 0.268. The third kappa shape index (κ3) is 2.29. The first-order chi connectivity index (χ1) is 7.25. The second kappa shape index (κ2) is 4.05. The molecular weight excluding hydrogens is 186 g/mol. The normalized spacial score (nSPS) is 9.93. The summed E-state index contributed by atoms with van der Waals surface area (Å²) in [6.45, 7) is 2.00. The van der Waals surface area contributed by atoms with Crippen LogP contribution in [0.25, 0.3) is 0 Å². The summed E-state index contributed by atoms with van der Waals surface area (Å²) < 4.78 is 0. The molecule has 0 saturated carbocycles. The maximum Gasteiger partial charge on any atom is 0.139 e. The summed E-state index contributed by atoms with van der Waals surface area (Å²) in [5.74, 6) is 0.268. The van der Waals surface area contributed by atoms with Crippen molar-refractivity contribution in [1.82, 2.24) is 0 Å². The van der Waals surface area contributed by atoms with Crippen LogP contribution in [0.5, 0.6) is 5.75 Å². The summed E-state index contributed by atoms with van der Waals surface area (Å²) in [4.78, 5) is 0. The van der Waals surface area contributed by atoms with Crippen LogP contribution in [0.15, 0.2) is 48.5 Å². The Morgan fingerprint density at radius 1 is 1.00 bits per heavy atom. The van der Waals surface area contributed by atoms with Gasteiger partial charge in [0.2, 0.25) is 0 Å². The van der Waals surface area contributed by atoms with Crippen LogP contribution in [0, 0.1) is 6.92 Å². The molecular formula is C13H13NO. The summed E-state index contributed by atoms with van der Waals surface area (Å²) in [5, 5.41) is 12.8. The molecule has 0 heterocycles. The molecule has 0 radical (unpaired) electrons. The van der Waals surface area contributed by atoms with E-state index in [0.717, 1.165) is 16.9 Å². The van der Waals surface area contributed by atoms with Crippen molar-refractivity contribution in [3.8, 4) is 5.75 Å². The number of nitrogens with one attached hydrogen (secondary N) is 1. The highest BCUT2D eigenvalue weighted by atomic mass is 16.3. The molecule has 2 rings (SSSR count). The van der Waals surface area contributed by atoms with E-state index in [1.807, 2.05) is 49.4 Å². The van der Waals surface area contributed by atoms with Gasteiger partial charge in [0.25, 0.3) is 0 Å². The fraction of sp³-hybridized carbons (Fsp3) is 0.0769. The molecule has 0 amide bonds. The molecule has 0 aliphatic heterocycles. The number of para-hydroxylation sites is 1. The monoisotopic (exact) mass is 199 g/mol. The molecule has 2 aromatic carbocycles. The van der Waals surface area contributed by atoms with E-state index in [2.05, 4.69) is 5.32 Å². The number of rotatable bonds is 2. The lowest BCUT2D eigenvalue weighted by atomic mass is 10.2. The summed E-state index contributed by atoms with van der Waals surface area (Å²) in [5.41, 5.74) is 2.82. The number of phenolic OH excluding ortho intramolecular Hbond substituents is 1. The van der Waals surface area contributed by atoms with Crippen molar-refractivity contribution in [2.24, 2.45) is 0 Å². The van der Waals surface area contributed by atoms with Gasteiger partial charge in [-0.15, -0.1) is 0 Å². The molecule has 76 valence electrons. The van der Waals surface area contributed by atoms with Gasteiger partial charge in [-0.2, -0.15) is 0 Å². The first kappa shape index (κ1) is 9.59. The van der Waals surface area contributed by atoms with E-state index >= 15 is 0 Å². The number of aromatic hydroxyl groups is 1. The Balaban J connectivity index is 2.28. The number of benzene rings is 2. The molecule has 0 bridgehead atoms. The Morgan fingerprint density at radius 3 is 2.47 bits per heavy atom. The molecule has 2 N–H and O–H groups in total. The van der Waals surface area contributed by atoms with Gasteiger partial charge in [-0.1, -0.05) is 24.3 Å². The second-order valence-electron chi connectivity index (χ2n) is 3.51. The maximum atomic E-state index is 9.63. The predicted octanol–water partition coefficient (Wildman–Crippen LogP) is 3.44. The smallest absolute Gasteiger partial charge is 0.139 e. The Labute approximate surface area is 89.2 Å². The summed E-state index contributed by atoms with van der Waals surface area (Å²) >= 11 is 0. The van der Waals surface area contributed by atoms with E-state index in [-0.39, 0.29) is 5.75 Å². The summed E-state index contributed by atoms with van der Waals surface area (Å²) in [7, 11) is 0. The van der Waals surface area contributed by atoms with Crippen molar-refractivity contribution in [2.75, 3.05) is 5.32 Å². The minimum absolute atomic E-state index is 0.268. The highest BCUT2D eigenvalue weighted by molar-refractivity contribution is 5.66. The highest BCUT2D eigenvalue weighted by Crippen LogP contribution is 2.27. The van der Waals surface area contributed by atoms with Crippen LogP contribution in [0.2, 0.25) is 0 Å². The van der Waals surface area contributed by atoms with Crippen LogP contribution in [0.4, 0.5) is 11.4 Å². The van der Waals surface area contributed by atoms with E-state index in [1.54, 1.807) is 6.07 Å². The van der Waals surface area contributed by atoms with E-state index in [9.17, 15) is 5.11 Å². The quantitative estimate of drug-likeness (QED) is 0.726. The topological polar surface area (TPSA) is 32.3 Å². The number of hydrogen-bond donors (Lipinski definition) is 2.